The second-order valence-corrected chi connectivity index (χ2v) is 21.4. The number of ether oxygens (including phenoxy) is 2. The minimum Gasteiger partial charge on any atom is -0.497 e. The molecule has 60 heavy (non-hydrogen) atoms. The summed E-state index contributed by atoms with van der Waals surface area (Å²) in [6.07, 6.45) is 2.15. The molecule has 5 atom stereocenters. The first-order chi connectivity index (χ1) is 28.9. The van der Waals surface area contributed by atoms with Gasteiger partial charge in [0, 0.05) is 46.2 Å². The number of fused-ring (bicyclic) bond motifs is 2. The van der Waals surface area contributed by atoms with Crippen molar-refractivity contribution in [2.24, 2.45) is 5.92 Å². The molecule has 5 aromatic carbocycles. The number of anilines is 3. The minimum absolute atomic E-state index is 0.00285. The SMILES string of the molecule is COc1ccc([Si](C)(C)[C@H]2[C@H](CCn3cc(C(CO)c4ccccc4)nn3)O[C@@]3(C(=O)N(Cc4ccc(NC(=O)c5ccc(N)cc5)cc4)c4ccc(Cl)cc43)[C@@H]2C)cc1. The molecule has 3 heterocycles. The Hall–Kier alpha value is -5.79. The Balaban J connectivity index is 1.10. The van der Waals surface area contributed by atoms with Crippen molar-refractivity contribution >= 4 is 53.7 Å². The van der Waals surface area contributed by atoms with Crippen LogP contribution < -0.4 is 25.9 Å². The van der Waals surface area contributed by atoms with Crippen LogP contribution in [0.1, 0.15) is 52.0 Å². The lowest BCUT2D eigenvalue weighted by Crippen LogP contribution is -2.51. The van der Waals surface area contributed by atoms with Crippen molar-refractivity contribution in [3.63, 3.8) is 0 Å². The molecule has 1 unspecified atom stereocenters. The Morgan fingerprint density at radius 3 is 2.40 bits per heavy atom. The zero-order valence-electron chi connectivity index (χ0n) is 34.1. The van der Waals surface area contributed by atoms with Gasteiger partial charge in [0.05, 0.1) is 51.7 Å². The number of carbonyl (C=O) groups excluding carboxylic acids is 2. The first kappa shape index (κ1) is 41.0. The smallest absolute Gasteiger partial charge is 0.264 e. The first-order valence-electron chi connectivity index (χ1n) is 20.2. The lowest BCUT2D eigenvalue weighted by Gasteiger charge is -2.37. The van der Waals surface area contributed by atoms with Gasteiger partial charge in [-0.25, -0.2) is 0 Å². The second kappa shape index (κ2) is 16.7. The molecule has 308 valence electrons. The highest BCUT2D eigenvalue weighted by atomic mass is 35.5. The number of hydrogen-bond donors (Lipinski definition) is 3. The Labute approximate surface area is 356 Å². The molecule has 6 aromatic rings. The topological polar surface area (TPSA) is 145 Å². The molecule has 0 bridgehead atoms. The maximum absolute atomic E-state index is 15.3. The number of aliphatic hydroxyl groups is 1. The monoisotopic (exact) mass is 840 g/mol. The predicted molar refractivity (Wildman–Crippen MR) is 237 cm³/mol. The summed E-state index contributed by atoms with van der Waals surface area (Å²) in [6.45, 7) is 7.57. The van der Waals surface area contributed by atoms with E-state index in [0.717, 1.165) is 28.1 Å². The number of aromatic nitrogens is 3. The number of aliphatic hydroxyl groups excluding tert-OH is 1. The molecule has 13 heteroatoms. The van der Waals surface area contributed by atoms with Crippen LogP contribution in [0.25, 0.3) is 0 Å². The van der Waals surface area contributed by atoms with Gasteiger partial charge < -0.3 is 30.5 Å². The molecule has 2 aliphatic heterocycles. The molecule has 11 nitrogen and oxygen atoms in total. The minimum atomic E-state index is -2.41. The Kier molecular flexibility index (Phi) is 11.4. The lowest BCUT2D eigenvalue weighted by atomic mass is 9.82. The Morgan fingerprint density at radius 2 is 1.72 bits per heavy atom. The molecule has 1 aromatic heterocycles. The molecule has 1 fully saturated rings. The third-order valence-electron chi connectivity index (χ3n) is 12.5. The van der Waals surface area contributed by atoms with Crippen LogP contribution in [0, 0.1) is 5.92 Å². The molecule has 1 saturated heterocycles. The van der Waals surface area contributed by atoms with Gasteiger partial charge >= 0.3 is 0 Å². The van der Waals surface area contributed by atoms with E-state index < -0.39 is 13.7 Å². The zero-order chi connectivity index (χ0) is 42.2. The van der Waals surface area contributed by atoms with Crippen LogP contribution in [-0.2, 0) is 28.2 Å². The van der Waals surface area contributed by atoms with E-state index in [1.807, 2.05) is 101 Å². The number of carbonyl (C=O) groups is 2. The maximum atomic E-state index is 15.3. The van der Waals surface area contributed by atoms with E-state index in [9.17, 15) is 9.90 Å². The average molecular weight is 841 g/mol. The van der Waals surface area contributed by atoms with Crippen LogP contribution in [0.4, 0.5) is 17.1 Å². The number of nitrogens with two attached hydrogens (primary N) is 1. The summed E-state index contributed by atoms with van der Waals surface area (Å²) in [7, 11) is -0.749. The van der Waals surface area contributed by atoms with Crippen LogP contribution in [0.15, 0.2) is 128 Å². The number of methoxy groups -OCH3 is 1. The molecule has 2 amide bonds. The fourth-order valence-corrected chi connectivity index (χ4v) is 13.6. The first-order valence-corrected chi connectivity index (χ1v) is 23.6. The van der Waals surface area contributed by atoms with Crippen LogP contribution in [0.2, 0.25) is 23.7 Å². The molecular weight excluding hydrogens is 792 g/mol. The predicted octanol–water partition coefficient (Wildman–Crippen LogP) is 7.75. The van der Waals surface area contributed by atoms with Gasteiger partial charge in [-0.05, 0) is 89.8 Å². The summed E-state index contributed by atoms with van der Waals surface area (Å²) in [5.74, 6) is -0.109. The third-order valence-corrected chi connectivity index (χ3v) is 17.1. The third kappa shape index (κ3) is 7.60. The summed E-state index contributed by atoms with van der Waals surface area (Å²) in [4.78, 5) is 30.0. The number of rotatable bonds is 13. The fraction of sp³-hybridized carbons (Fsp3) is 0.277. The number of nitrogens with one attached hydrogen (secondary N) is 1. The van der Waals surface area contributed by atoms with Gasteiger partial charge in [-0.3, -0.25) is 14.3 Å². The largest absolute Gasteiger partial charge is 0.497 e. The average Bonchev–Trinajstić information content (AvgIpc) is 3.91. The van der Waals surface area contributed by atoms with Crippen molar-refractivity contribution in [3.8, 4) is 5.75 Å². The van der Waals surface area contributed by atoms with Crippen molar-refractivity contribution in [2.75, 3.05) is 29.7 Å². The van der Waals surface area contributed by atoms with Crippen molar-refractivity contribution in [1.29, 1.82) is 0 Å². The number of nitrogens with zero attached hydrogens (tertiary/aromatic N) is 4. The van der Waals surface area contributed by atoms with E-state index in [2.05, 4.69) is 47.8 Å². The van der Waals surface area contributed by atoms with E-state index in [1.165, 1.54) is 5.19 Å². The van der Waals surface area contributed by atoms with E-state index in [4.69, 9.17) is 26.8 Å². The summed E-state index contributed by atoms with van der Waals surface area (Å²) >= 11 is 6.75. The van der Waals surface area contributed by atoms with Gasteiger partial charge in [0.2, 0.25) is 0 Å². The van der Waals surface area contributed by atoms with Crippen molar-refractivity contribution in [3.05, 3.63) is 160 Å². The lowest BCUT2D eigenvalue weighted by molar-refractivity contribution is -0.146. The number of benzene rings is 5. The zero-order valence-corrected chi connectivity index (χ0v) is 35.8. The van der Waals surface area contributed by atoms with Gasteiger partial charge in [0.15, 0.2) is 5.60 Å². The van der Waals surface area contributed by atoms with Crippen molar-refractivity contribution in [1.82, 2.24) is 15.0 Å². The van der Waals surface area contributed by atoms with E-state index >= 15 is 4.79 Å². The standard InChI is InChI=1S/C47H49ClN6O5Si/c1-30-44(60(3,4)38-21-19-37(58-2)20-22-38)43(24-25-53-28-41(51-52-53)39(29-55)32-8-6-5-7-9-32)59-47(30)40-26-34(48)14-23-42(40)54(46(47)57)27-31-10-17-36(18-11-31)50-45(56)33-12-15-35(49)16-13-33/h5-23,26,28,30,39,43-44,55H,24-25,27,29,49H2,1-4H3,(H,50,56)/t30-,39?,43+,44-,47+/m1/s1. The van der Waals surface area contributed by atoms with Gasteiger partial charge in [0.25, 0.3) is 11.8 Å². The van der Waals surface area contributed by atoms with Crippen LogP contribution >= 0.6 is 11.6 Å². The van der Waals surface area contributed by atoms with E-state index in [0.29, 0.717) is 47.2 Å². The molecule has 8 rings (SSSR count). The highest BCUT2D eigenvalue weighted by Gasteiger charge is 2.66. The molecule has 4 N–H and O–H groups in total. The van der Waals surface area contributed by atoms with Gasteiger partial charge in [0.1, 0.15) is 5.75 Å². The highest BCUT2D eigenvalue weighted by Crippen LogP contribution is 2.60. The van der Waals surface area contributed by atoms with E-state index in [-0.39, 0.29) is 41.9 Å². The second-order valence-electron chi connectivity index (χ2n) is 16.3. The Morgan fingerprint density at radius 1 is 1.00 bits per heavy atom. The molecule has 0 aliphatic carbocycles. The molecule has 0 saturated carbocycles. The van der Waals surface area contributed by atoms with Crippen LogP contribution in [-0.4, -0.2) is 59.8 Å². The number of nitrogen functional groups attached to an aromatic ring is 1. The molecule has 2 aliphatic rings. The van der Waals surface area contributed by atoms with Crippen molar-refractivity contribution in [2.45, 2.75) is 62.7 Å². The number of halogens is 1. The molecular formula is C47H49ClN6O5Si. The van der Waals surface area contributed by atoms with Crippen molar-refractivity contribution < 1.29 is 24.2 Å². The summed E-state index contributed by atoms with van der Waals surface area (Å²) in [6, 6.07) is 38.0. The quantitative estimate of drug-likeness (QED) is 0.0792. The normalized spacial score (nSPS) is 20.3. The summed E-state index contributed by atoms with van der Waals surface area (Å²) in [5, 5.41) is 24.0. The fourth-order valence-electron chi connectivity index (χ4n) is 9.32. The molecule has 0 radical (unpaired) electrons. The maximum Gasteiger partial charge on any atom is 0.264 e. The number of hydrogen-bond acceptors (Lipinski definition) is 8. The van der Waals surface area contributed by atoms with Crippen LogP contribution in [0.5, 0.6) is 5.75 Å². The highest BCUT2D eigenvalue weighted by molar-refractivity contribution is 6.91. The van der Waals surface area contributed by atoms with Gasteiger partial charge in [-0.2, -0.15) is 0 Å². The molecule has 1 spiro atoms. The summed E-state index contributed by atoms with van der Waals surface area (Å²) < 4.78 is 14.7. The summed E-state index contributed by atoms with van der Waals surface area (Å²) in [5.41, 5.74) is 10.3. The van der Waals surface area contributed by atoms with Gasteiger partial charge in [-0.1, -0.05) is 96.6 Å². The van der Waals surface area contributed by atoms with E-state index in [1.54, 1.807) is 31.4 Å². The van der Waals surface area contributed by atoms with Crippen LogP contribution in [0.3, 0.4) is 0 Å². The number of aryl methyl sites for hydroxylation is 1. The van der Waals surface area contributed by atoms with Gasteiger partial charge in [-0.15, -0.1) is 5.10 Å². The Bertz CT molecular complexity index is 2480. The number of amides is 2.